The van der Waals surface area contributed by atoms with Gasteiger partial charge >= 0.3 is 0 Å². The molecule has 100 valence electrons. The quantitative estimate of drug-likeness (QED) is 0.931. The standard InChI is InChI=1S/C15H18ClN3/c1-10-8-13(11(2)19-18-10)15(17-3)9-12-6-4-5-7-14(12)16/h4-8,15,17H,9H2,1-3H3. The predicted molar refractivity (Wildman–Crippen MR) is 78.5 cm³/mol. The van der Waals surface area contributed by atoms with Gasteiger partial charge in [0.15, 0.2) is 0 Å². The summed E-state index contributed by atoms with van der Waals surface area (Å²) in [5, 5.41) is 12.4. The molecule has 0 spiro atoms. The van der Waals surface area contributed by atoms with Crippen molar-refractivity contribution >= 4 is 11.6 Å². The van der Waals surface area contributed by atoms with Crippen LogP contribution in [0.1, 0.15) is 28.6 Å². The van der Waals surface area contributed by atoms with Gasteiger partial charge in [-0.1, -0.05) is 29.8 Å². The normalized spacial score (nSPS) is 12.4. The van der Waals surface area contributed by atoms with Gasteiger partial charge in [0.1, 0.15) is 0 Å². The van der Waals surface area contributed by atoms with Crippen LogP contribution in [0, 0.1) is 13.8 Å². The molecule has 0 fully saturated rings. The molecule has 0 saturated carbocycles. The van der Waals surface area contributed by atoms with Crippen LogP contribution in [0.4, 0.5) is 0 Å². The van der Waals surface area contributed by atoms with Gasteiger partial charge < -0.3 is 5.32 Å². The van der Waals surface area contributed by atoms with Crippen molar-refractivity contribution in [1.82, 2.24) is 15.5 Å². The molecule has 1 aromatic heterocycles. The van der Waals surface area contributed by atoms with Crippen molar-refractivity contribution in [2.45, 2.75) is 26.3 Å². The van der Waals surface area contributed by atoms with Crippen LogP contribution < -0.4 is 5.32 Å². The van der Waals surface area contributed by atoms with E-state index in [1.807, 2.05) is 39.1 Å². The van der Waals surface area contributed by atoms with Crippen molar-refractivity contribution in [3.63, 3.8) is 0 Å². The summed E-state index contributed by atoms with van der Waals surface area (Å²) in [7, 11) is 1.96. The summed E-state index contributed by atoms with van der Waals surface area (Å²) in [5.74, 6) is 0. The van der Waals surface area contributed by atoms with Crippen LogP contribution in [0.25, 0.3) is 0 Å². The molecule has 0 saturated heterocycles. The van der Waals surface area contributed by atoms with E-state index in [0.717, 1.165) is 28.4 Å². The van der Waals surface area contributed by atoms with Crippen molar-refractivity contribution in [1.29, 1.82) is 0 Å². The zero-order chi connectivity index (χ0) is 13.8. The van der Waals surface area contributed by atoms with Crippen LogP contribution in [0.2, 0.25) is 5.02 Å². The highest BCUT2D eigenvalue weighted by molar-refractivity contribution is 6.31. The fraction of sp³-hybridized carbons (Fsp3) is 0.333. The van der Waals surface area contributed by atoms with Crippen molar-refractivity contribution in [2.75, 3.05) is 7.05 Å². The SMILES string of the molecule is CNC(Cc1ccccc1Cl)c1cc(C)nnc1C. The van der Waals surface area contributed by atoms with Crippen molar-refractivity contribution < 1.29 is 0 Å². The van der Waals surface area contributed by atoms with Crippen LogP contribution in [-0.2, 0) is 6.42 Å². The minimum Gasteiger partial charge on any atom is -0.313 e. The Kier molecular flexibility index (Phi) is 4.51. The Morgan fingerprint density at radius 3 is 2.63 bits per heavy atom. The molecule has 19 heavy (non-hydrogen) atoms. The Morgan fingerprint density at radius 2 is 1.95 bits per heavy atom. The lowest BCUT2D eigenvalue weighted by molar-refractivity contribution is 0.582. The number of halogens is 1. The van der Waals surface area contributed by atoms with Crippen LogP contribution >= 0.6 is 11.6 Å². The molecule has 0 aliphatic rings. The lowest BCUT2D eigenvalue weighted by Crippen LogP contribution is -2.21. The summed E-state index contributed by atoms with van der Waals surface area (Å²) in [5.41, 5.74) is 4.20. The topological polar surface area (TPSA) is 37.8 Å². The van der Waals surface area contributed by atoms with E-state index in [0.29, 0.717) is 0 Å². The first-order valence-corrected chi connectivity index (χ1v) is 6.71. The molecule has 2 rings (SSSR count). The molecule has 0 bridgehead atoms. The maximum atomic E-state index is 6.23. The second-order valence-corrected chi connectivity index (χ2v) is 5.07. The molecular weight excluding hydrogens is 258 g/mol. The van der Waals surface area contributed by atoms with E-state index < -0.39 is 0 Å². The number of rotatable bonds is 4. The number of nitrogens with one attached hydrogen (secondary N) is 1. The molecule has 1 heterocycles. The number of aryl methyl sites for hydroxylation is 2. The highest BCUT2D eigenvalue weighted by Crippen LogP contribution is 2.24. The molecule has 1 N–H and O–H groups in total. The van der Waals surface area contributed by atoms with Crippen LogP contribution in [0.5, 0.6) is 0 Å². The van der Waals surface area contributed by atoms with Crippen LogP contribution in [0.15, 0.2) is 30.3 Å². The summed E-state index contributed by atoms with van der Waals surface area (Å²) in [6.45, 7) is 3.94. The molecule has 1 unspecified atom stereocenters. The number of benzene rings is 1. The van der Waals surface area contributed by atoms with Crippen molar-refractivity contribution in [3.8, 4) is 0 Å². The average Bonchev–Trinajstić information content (AvgIpc) is 2.41. The number of hydrogen-bond acceptors (Lipinski definition) is 3. The van der Waals surface area contributed by atoms with Gasteiger partial charge in [-0.05, 0) is 50.6 Å². The third-order valence-electron chi connectivity index (χ3n) is 3.25. The molecule has 1 aromatic carbocycles. The first-order chi connectivity index (χ1) is 9.11. The first-order valence-electron chi connectivity index (χ1n) is 6.33. The maximum absolute atomic E-state index is 6.23. The first kappa shape index (κ1) is 14.0. The molecule has 3 nitrogen and oxygen atoms in total. The fourth-order valence-corrected chi connectivity index (χ4v) is 2.39. The number of nitrogens with zero attached hydrogens (tertiary/aromatic N) is 2. The summed E-state index contributed by atoms with van der Waals surface area (Å²) >= 11 is 6.23. The second kappa shape index (κ2) is 6.13. The van der Waals surface area contributed by atoms with Gasteiger partial charge in [-0.3, -0.25) is 0 Å². The van der Waals surface area contributed by atoms with Gasteiger partial charge in [-0.2, -0.15) is 10.2 Å². The maximum Gasteiger partial charge on any atom is 0.0648 e. The molecule has 0 amide bonds. The molecule has 0 aliphatic carbocycles. The van der Waals surface area contributed by atoms with Gasteiger partial charge in [0.25, 0.3) is 0 Å². The fourth-order valence-electron chi connectivity index (χ4n) is 2.17. The molecule has 4 heteroatoms. The molecule has 0 radical (unpaired) electrons. The zero-order valence-corrected chi connectivity index (χ0v) is 12.2. The average molecular weight is 276 g/mol. The Morgan fingerprint density at radius 1 is 1.21 bits per heavy atom. The highest BCUT2D eigenvalue weighted by atomic mass is 35.5. The zero-order valence-electron chi connectivity index (χ0n) is 11.4. The van der Waals surface area contributed by atoms with Gasteiger partial charge in [0.2, 0.25) is 0 Å². The smallest absolute Gasteiger partial charge is 0.0648 e. The largest absolute Gasteiger partial charge is 0.313 e. The van der Waals surface area contributed by atoms with Crippen LogP contribution in [0.3, 0.4) is 0 Å². The molecule has 2 aromatic rings. The Hall–Kier alpha value is -1.45. The lowest BCUT2D eigenvalue weighted by atomic mass is 9.98. The minimum atomic E-state index is 0.189. The van der Waals surface area contributed by atoms with E-state index in [-0.39, 0.29) is 6.04 Å². The molecule has 1 atom stereocenters. The van der Waals surface area contributed by atoms with E-state index in [4.69, 9.17) is 11.6 Å². The van der Waals surface area contributed by atoms with E-state index >= 15 is 0 Å². The molecular formula is C15H18ClN3. The lowest BCUT2D eigenvalue weighted by Gasteiger charge is -2.19. The van der Waals surface area contributed by atoms with E-state index in [1.54, 1.807) is 0 Å². The van der Waals surface area contributed by atoms with Gasteiger partial charge in [0.05, 0.1) is 11.4 Å². The summed E-state index contributed by atoms with van der Waals surface area (Å²) in [4.78, 5) is 0. The minimum absolute atomic E-state index is 0.189. The predicted octanol–water partition coefficient (Wildman–Crippen LogP) is 3.25. The van der Waals surface area contributed by atoms with E-state index in [1.165, 1.54) is 5.56 Å². The third-order valence-corrected chi connectivity index (χ3v) is 3.61. The summed E-state index contributed by atoms with van der Waals surface area (Å²) in [6.07, 6.45) is 0.835. The third kappa shape index (κ3) is 3.31. The Bertz CT molecular complexity index is 569. The monoisotopic (exact) mass is 275 g/mol. The van der Waals surface area contributed by atoms with Crippen LogP contribution in [-0.4, -0.2) is 17.2 Å². The van der Waals surface area contributed by atoms with Gasteiger partial charge in [0, 0.05) is 11.1 Å². The van der Waals surface area contributed by atoms with Gasteiger partial charge in [-0.15, -0.1) is 0 Å². The van der Waals surface area contributed by atoms with Gasteiger partial charge in [-0.25, -0.2) is 0 Å². The number of likely N-dealkylation sites (N-methyl/N-ethyl adjacent to an activating group) is 1. The Labute approximate surface area is 119 Å². The Balaban J connectivity index is 2.30. The number of aromatic nitrogens is 2. The van der Waals surface area contributed by atoms with E-state index in [9.17, 15) is 0 Å². The number of hydrogen-bond donors (Lipinski definition) is 1. The summed E-state index contributed by atoms with van der Waals surface area (Å²) < 4.78 is 0. The summed E-state index contributed by atoms with van der Waals surface area (Å²) in [6, 6.07) is 10.2. The van der Waals surface area contributed by atoms with Crippen molar-refractivity contribution in [2.24, 2.45) is 0 Å². The van der Waals surface area contributed by atoms with Crippen molar-refractivity contribution in [3.05, 3.63) is 57.9 Å². The molecule has 0 aliphatic heterocycles. The highest BCUT2D eigenvalue weighted by Gasteiger charge is 2.15. The second-order valence-electron chi connectivity index (χ2n) is 4.66. The van der Waals surface area contributed by atoms with E-state index in [2.05, 4.69) is 27.6 Å².